The van der Waals surface area contributed by atoms with Crippen molar-refractivity contribution in [2.75, 3.05) is 6.61 Å². The Labute approximate surface area is 82.4 Å². The minimum atomic E-state index is -0.358. The molecule has 0 radical (unpaired) electrons. The molecule has 0 aliphatic heterocycles. The predicted octanol–water partition coefficient (Wildman–Crippen LogP) is 1.16. The van der Waals surface area contributed by atoms with Crippen molar-refractivity contribution in [1.29, 1.82) is 0 Å². The Bertz CT molecular complexity index is 348. The third-order valence-corrected chi connectivity index (χ3v) is 1.67. The monoisotopic (exact) mass is 192 g/mol. The van der Waals surface area contributed by atoms with Crippen LogP contribution in [0, 0.1) is 0 Å². The summed E-state index contributed by atoms with van der Waals surface area (Å²) in [5.41, 5.74) is 1.14. The van der Waals surface area contributed by atoms with Crippen molar-refractivity contribution < 1.29 is 9.53 Å². The molecule has 74 valence electrons. The van der Waals surface area contributed by atoms with Crippen LogP contribution in [0.1, 0.15) is 22.8 Å². The SMILES string of the molecule is CCOC(=O)c1ccccc1C=NN. The van der Waals surface area contributed by atoms with Crippen molar-refractivity contribution >= 4 is 12.2 Å². The van der Waals surface area contributed by atoms with E-state index >= 15 is 0 Å². The van der Waals surface area contributed by atoms with Gasteiger partial charge in [0.05, 0.1) is 18.4 Å². The van der Waals surface area contributed by atoms with Crippen molar-refractivity contribution in [1.82, 2.24) is 0 Å². The molecule has 0 aromatic heterocycles. The van der Waals surface area contributed by atoms with Gasteiger partial charge < -0.3 is 10.6 Å². The predicted molar refractivity (Wildman–Crippen MR) is 54.2 cm³/mol. The summed E-state index contributed by atoms with van der Waals surface area (Å²) in [6.07, 6.45) is 1.42. The number of hydrogen-bond acceptors (Lipinski definition) is 4. The van der Waals surface area contributed by atoms with Crippen LogP contribution < -0.4 is 5.84 Å². The molecule has 4 nitrogen and oxygen atoms in total. The minimum Gasteiger partial charge on any atom is -0.462 e. The fourth-order valence-corrected chi connectivity index (χ4v) is 1.08. The lowest BCUT2D eigenvalue weighted by Gasteiger charge is -2.03. The van der Waals surface area contributed by atoms with Crippen molar-refractivity contribution in [3.05, 3.63) is 35.4 Å². The van der Waals surface area contributed by atoms with Crippen molar-refractivity contribution in [3.63, 3.8) is 0 Å². The van der Waals surface area contributed by atoms with Crippen LogP contribution in [0.15, 0.2) is 29.4 Å². The third-order valence-electron chi connectivity index (χ3n) is 1.67. The fraction of sp³-hybridized carbons (Fsp3) is 0.200. The van der Waals surface area contributed by atoms with Gasteiger partial charge in [-0.25, -0.2) is 4.79 Å². The summed E-state index contributed by atoms with van der Waals surface area (Å²) < 4.78 is 4.87. The van der Waals surface area contributed by atoms with Crippen LogP contribution >= 0.6 is 0 Å². The third kappa shape index (κ3) is 2.32. The molecule has 0 atom stereocenters. The Morgan fingerprint density at radius 2 is 2.29 bits per heavy atom. The van der Waals surface area contributed by atoms with Crippen LogP contribution in [0.3, 0.4) is 0 Å². The van der Waals surface area contributed by atoms with Crippen molar-refractivity contribution in [3.8, 4) is 0 Å². The number of carbonyl (C=O) groups is 1. The fourth-order valence-electron chi connectivity index (χ4n) is 1.08. The highest BCUT2D eigenvalue weighted by atomic mass is 16.5. The van der Waals surface area contributed by atoms with Gasteiger partial charge in [-0.1, -0.05) is 18.2 Å². The highest BCUT2D eigenvalue weighted by Gasteiger charge is 2.09. The van der Waals surface area contributed by atoms with E-state index in [2.05, 4.69) is 5.10 Å². The largest absolute Gasteiger partial charge is 0.462 e. The van der Waals surface area contributed by atoms with Crippen molar-refractivity contribution in [2.45, 2.75) is 6.92 Å². The number of hydrazone groups is 1. The first-order chi connectivity index (χ1) is 6.79. The number of ether oxygens (including phenoxy) is 1. The first kappa shape index (κ1) is 10.2. The summed E-state index contributed by atoms with van der Waals surface area (Å²) >= 11 is 0. The van der Waals surface area contributed by atoms with Gasteiger partial charge in [-0.3, -0.25) is 0 Å². The van der Waals surface area contributed by atoms with Gasteiger partial charge in [0.2, 0.25) is 0 Å². The van der Waals surface area contributed by atoms with Crippen LogP contribution in [0.5, 0.6) is 0 Å². The van der Waals surface area contributed by atoms with Crippen LogP contribution in [0.4, 0.5) is 0 Å². The number of benzene rings is 1. The quantitative estimate of drug-likeness (QED) is 0.338. The summed E-state index contributed by atoms with van der Waals surface area (Å²) in [6.45, 7) is 2.12. The maximum atomic E-state index is 11.4. The molecule has 0 spiro atoms. The molecule has 0 heterocycles. The highest BCUT2D eigenvalue weighted by molar-refractivity contribution is 5.99. The molecule has 0 fully saturated rings. The van der Waals surface area contributed by atoms with Gasteiger partial charge in [0.15, 0.2) is 0 Å². The van der Waals surface area contributed by atoms with E-state index in [1.807, 2.05) is 0 Å². The molecule has 0 aliphatic carbocycles. The summed E-state index contributed by atoms with van der Waals surface area (Å²) in [7, 11) is 0. The highest BCUT2D eigenvalue weighted by Crippen LogP contribution is 2.07. The van der Waals surface area contributed by atoms with Crippen LogP contribution in [-0.4, -0.2) is 18.8 Å². The van der Waals surface area contributed by atoms with Gasteiger partial charge in [-0.15, -0.1) is 0 Å². The van der Waals surface area contributed by atoms with Gasteiger partial charge in [-0.05, 0) is 13.0 Å². The van der Waals surface area contributed by atoms with Crippen LogP contribution in [0.25, 0.3) is 0 Å². The Hall–Kier alpha value is -1.84. The van der Waals surface area contributed by atoms with Crippen molar-refractivity contribution in [2.24, 2.45) is 10.9 Å². The molecule has 1 aromatic carbocycles. The standard InChI is InChI=1S/C10H12N2O2/c1-2-14-10(13)9-6-4-3-5-8(9)7-12-11/h3-7H,2,11H2,1H3. The average Bonchev–Trinajstić information content (AvgIpc) is 2.19. The molecule has 2 N–H and O–H groups in total. The summed E-state index contributed by atoms with van der Waals surface area (Å²) in [5.74, 6) is 4.66. The summed E-state index contributed by atoms with van der Waals surface area (Å²) in [6, 6.07) is 7.00. The van der Waals surface area contributed by atoms with E-state index < -0.39 is 0 Å². The van der Waals surface area contributed by atoms with Gasteiger partial charge in [-0.2, -0.15) is 5.10 Å². The van der Waals surface area contributed by atoms with Gasteiger partial charge >= 0.3 is 5.97 Å². The van der Waals surface area contributed by atoms with E-state index in [1.54, 1.807) is 31.2 Å². The normalized spacial score (nSPS) is 10.4. The van der Waals surface area contributed by atoms with Gasteiger partial charge in [0, 0.05) is 5.56 Å². The zero-order chi connectivity index (χ0) is 10.4. The molecule has 0 bridgehead atoms. The average molecular weight is 192 g/mol. The first-order valence-electron chi connectivity index (χ1n) is 4.29. The van der Waals surface area contributed by atoms with Gasteiger partial charge in [0.1, 0.15) is 0 Å². The Balaban J connectivity index is 3.00. The number of esters is 1. The number of carbonyl (C=O) groups excluding carboxylic acids is 1. The maximum absolute atomic E-state index is 11.4. The molecule has 0 aliphatic rings. The van der Waals surface area contributed by atoms with E-state index in [-0.39, 0.29) is 5.97 Å². The molecule has 4 heteroatoms. The zero-order valence-electron chi connectivity index (χ0n) is 7.93. The minimum absolute atomic E-state index is 0.354. The molecular formula is C10H12N2O2. The second kappa shape index (κ2) is 5.01. The molecular weight excluding hydrogens is 180 g/mol. The lowest BCUT2D eigenvalue weighted by molar-refractivity contribution is 0.0526. The first-order valence-corrected chi connectivity index (χ1v) is 4.29. The maximum Gasteiger partial charge on any atom is 0.338 e. The smallest absolute Gasteiger partial charge is 0.338 e. The lowest BCUT2D eigenvalue weighted by atomic mass is 10.1. The molecule has 0 saturated carbocycles. The topological polar surface area (TPSA) is 64.7 Å². The number of rotatable bonds is 3. The lowest BCUT2D eigenvalue weighted by Crippen LogP contribution is -2.07. The second-order valence-corrected chi connectivity index (χ2v) is 2.59. The molecule has 1 rings (SSSR count). The molecule has 0 saturated heterocycles. The van der Waals surface area contributed by atoms with E-state index in [1.165, 1.54) is 6.21 Å². The summed E-state index contributed by atoms with van der Waals surface area (Å²) in [5, 5.41) is 3.38. The number of nitrogens with zero attached hydrogens (tertiary/aromatic N) is 1. The van der Waals surface area contributed by atoms with Gasteiger partial charge in [0.25, 0.3) is 0 Å². The number of hydrogen-bond donors (Lipinski definition) is 1. The van der Waals surface area contributed by atoms with Crippen LogP contribution in [0.2, 0.25) is 0 Å². The zero-order valence-corrected chi connectivity index (χ0v) is 7.93. The molecule has 14 heavy (non-hydrogen) atoms. The number of nitrogens with two attached hydrogens (primary N) is 1. The van der Waals surface area contributed by atoms with E-state index in [4.69, 9.17) is 10.6 Å². The molecule has 0 amide bonds. The van der Waals surface area contributed by atoms with E-state index in [0.29, 0.717) is 17.7 Å². The Morgan fingerprint density at radius 3 is 2.93 bits per heavy atom. The molecule has 0 unspecified atom stereocenters. The molecule has 1 aromatic rings. The Kier molecular flexibility index (Phi) is 3.67. The van der Waals surface area contributed by atoms with E-state index in [9.17, 15) is 4.79 Å². The summed E-state index contributed by atoms with van der Waals surface area (Å²) in [4.78, 5) is 11.4. The van der Waals surface area contributed by atoms with Crippen LogP contribution in [-0.2, 0) is 4.74 Å². The second-order valence-electron chi connectivity index (χ2n) is 2.59. The Morgan fingerprint density at radius 1 is 1.57 bits per heavy atom. The van der Waals surface area contributed by atoms with E-state index in [0.717, 1.165) is 0 Å².